The van der Waals surface area contributed by atoms with Crippen molar-refractivity contribution in [2.75, 3.05) is 17.5 Å². The second-order valence-corrected chi connectivity index (χ2v) is 7.59. The van der Waals surface area contributed by atoms with Gasteiger partial charge in [-0.2, -0.15) is 0 Å². The molecular weight excluding hydrogens is 342 g/mol. The predicted molar refractivity (Wildman–Crippen MR) is 93.6 cm³/mol. The monoisotopic (exact) mass is 361 g/mol. The van der Waals surface area contributed by atoms with E-state index in [9.17, 15) is 18.3 Å². The van der Waals surface area contributed by atoms with Crippen LogP contribution in [-0.2, 0) is 14.8 Å². The van der Waals surface area contributed by atoms with Crippen molar-refractivity contribution < 1.29 is 23.1 Å². The molecule has 2 aromatic carbocycles. The molecule has 0 aromatic heterocycles. The molecule has 0 fully saturated rings. The summed E-state index contributed by atoms with van der Waals surface area (Å²) in [5, 5.41) is 9.40. The minimum Gasteiger partial charge on any atom is -0.494 e. The van der Waals surface area contributed by atoms with Crippen LogP contribution in [0, 0.1) is 0 Å². The van der Waals surface area contributed by atoms with Crippen molar-refractivity contribution in [3.8, 4) is 5.75 Å². The SMILES string of the molecule is CCOc1cccc(S(=O)(=O)N2CCC(C(=O)O)c3ccccc32)c1. The highest BCUT2D eigenvalue weighted by atomic mass is 32.2. The largest absolute Gasteiger partial charge is 0.494 e. The molecule has 0 spiro atoms. The van der Waals surface area contributed by atoms with Gasteiger partial charge in [0.1, 0.15) is 5.75 Å². The molecule has 7 heteroatoms. The molecule has 1 N–H and O–H groups in total. The fourth-order valence-electron chi connectivity index (χ4n) is 3.06. The van der Waals surface area contributed by atoms with Crippen molar-refractivity contribution in [3.05, 3.63) is 54.1 Å². The second kappa shape index (κ2) is 6.76. The van der Waals surface area contributed by atoms with Gasteiger partial charge in [0.2, 0.25) is 0 Å². The Hall–Kier alpha value is -2.54. The zero-order valence-electron chi connectivity index (χ0n) is 13.8. The van der Waals surface area contributed by atoms with E-state index in [2.05, 4.69) is 0 Å². The van der Waals surface area contributed by atoms with Crippen LogP contribution in [0.1, 0.15) is 24.8 Å². The Kier molecular flexibility index (Phi) is 4.67. The molecule has 1 aliphatic heterocycles. The summed E-state index contributed by atoms with van der Waals surface area (Å²) < 4.78 is 32.9. The van der Waals surface area contributed by atoms with E-state index in [1.807, 2.05) is 6.92 Å². The van der Waals surface area contributed by atoms with Gasteiger partial charge in [0.25, 0.3) is 10.0 Å². The lowest BCUT2D eigenvalue weighted by Crippen LogP contribution is -2.38. The Morgan fingerprint density at radius 3 is 2.72 bits per heavy atom. The topological polar surface area (TPSA) is 83.9 Å². The first kappa shape index (κ1) is 17.3. The highest BCUT2D eigenvalue weighted by Gasteiger charge is 2.35. The van der Waals surface area contributed by atoms with Gasteiger partial charge in [0.05, 0.1) is 23.1 Å². The number of ether oxygens (including phenoxy) is 1. The number of sulfonamides is 1. The van der Waals surface area contributed by atoms with Crippen LogP contribution in [0.15, 0.2) is 53.4 Å². The molecule has 3 rings (SSSR count). The molecule has 0 saturated heterocycles. The summed E-state index contributed by atoms with van der Waals surface area (Å²) in [6.07, 6.45) is 0.233. The average molecular weight is 361 g/mol. The third kappa shape index (κ3) is 3.19. The first-order valence-electron chi connectivity index (χ1n) is 8.02. The predicted octanol–water partition coefficient (Wildman–Crippen LogP) is 2.85. The minimum absolute atomic E-state index is 0.120. The Bertz CT molecular complexity index is 894. The van der Waals surface area contributed by atoms with Crippen LogP contribution in [0.5, 0.6) is 5.75 Å². The first-order valence-corrected chi connectivity index (χ1v) is 9.46. The van der Waals surface area contributed by atoms with Gasteiger partial charge in [-0.05, 0) is 37.1 Å². The minimum atomic E-state index is -3.80. The van der Waals surface area contributed by atoms with Crippen LogP contribution in [0.4, 0.5) is 5.69 Å². The van der Waals surface area contributed by atoms with Crippen LogP contribution < -0.4 is 9.04 Å². The quantitative estimate of drug-likeness (QED) is 0.885. The maximum atomic E-state index is 13.1. The van der Waals surface area contributed by atoms with Crippen molar-refractivity contribution in [1.29, 1.82) is 0 Å². The number of rotatable bonds is 5. The molecule has 1 unspecified atom stereocenters. The van der Waals surface area contributed by atoms with E-state index in [0.29, 0.717) is 23.6 Å². The van der Waals surface area contributed by atoms with Crippen molar-refractivity contribution in [1.82, 2.24) is 0 Å². The number of hydrogen-bond acceptors (Lipinski definition) is 4. The number of anilines is 1. The number of nitrogens with zero attached hydrogens (tertiary/aromatic N) is 1. The van der Waals surface area contributed by atoms with E-state index in [4.69, 9.17) is 4.74 Å². The van der Waals surface area contributed by atoms with E-state index in [-0.39, 0.29) is 17.9 Å². The second-order valence-electron chi connectivity index (χ2n) is 5.72. The van der Waals surface area contributed by atoms with E-state index >= 15 is 0 Å². The van der Waals surface area contributed by atoms with Crippen LogP contribution in [0.3, 0.4) is 0 Å². The summed E-state index contributed by atoms with van der Waals surface area (Å²) in [7, 11) is -3.80. The molecule has 1 aliphatic rings. The summed E-state index contributed by atoms with van der Waals surface area (Å²) in [4.78, 5) is 11.6. The number of para-hydroxylation sites is 1. The molecule has 0 bridgehead atoms. The maximum Gasteiger partial charge on any atom is 0.311 e. The smallest absolute Gasteiger partial charge is 0.311 e. The first-order chi connectivity index (χ1) is 11.9. The van der Waals surface area contributed by atoms with Gasteiger partial charge in [0, 0.05) is 12.6 Å². The Morgan fingerprint density at radius 2 is 2.00 bits per heavy atom. The van der Waals surface area contributed by atoms with Gasteiger partial charge in [0.15, 0.2) is 0 Å². The third-order valence-electron chi connectivity index (χ3n) is 4.20. The molecule has 0 radical (unpaired) electrons. The van der Waals surface area contributed by atoms with Crippen LogP contribution in [0.25, 0.3) is 0 Å². The summed E-state index contributed by atoms with van der Waals surface area (Å²) >= 11 is 0. The van der Waals surface area contributed by atoms with Crippen molar-refractivity contribution in [3.63, 3.8) is 0 Å². The molecule has 0 aliphatic carbocycles. The van der Waals surface area contributed by atoms with E-state index in [1.54, 1.807) is 36.4 Å². The zero-order chi connectivity index (χ0) is 18.0. The number of carbonyl (C=O) groups is 1. The third-order valence-corrected chi connectivity index (χ3v) is 6.01. The van der Waals surface area contributed by atoms with Crippen molar-refractivity contribution >= 4 is 21.7 Å². The van der Waals surface area contributed by atoms with Crippen molar-refractivity contribution in [2.45, 2.75) is 24.2 Å². The van der Waals surface area contributed by atoms with E-state index < -0.39 is 21.9 Å². The Balaban J connectivity index is 2.05. The molecular formula is C18H19NO5S. The molecule has 0 amide bonds. The molecule has 25 heavy (non-hydrogen) atoms. The Morgan fingerprint density at radius 1 is 1.24 bits per heavy atom. The lowest BCUT2D eigenvalue weighted by Gasteiger charge is -2.33. The number of fused-ring (bicyclic) bond motifs is 1. The van der Waals surface area contributed by atoms with Crippen LogP contribution in [-0.4, -0.2) is 32.6 Å². The summed E-state index contributed by atoms with van der Waals surface area (Å²) in [6, 6.07) is 13.1. The zero-order valence-corrected chi connectivity index (χ0v) is 14.6. The summed E-state index contributed by atoms with van der Waals surface area (Å²) in [5.41, 5.74) is 0.939. The van der Waals surface area contributed by atoms with Crippen molar-refractivity contribution in [2.24, 2.45) is 0 Å². The number of aliphatic carboxylic acids is 1. The molecule has 1 atom stereocenters. The molecule has 2 aromatic rings. The fourth-order valence-corrected chi connectivity index (χ4v) is 4.60. The number of hydrogen-bond donors (Lipinski definition) is 1. The molecule has 132 valence electrons. The lowest BCUT2D eigenvalue weighted by molar-refractivity contribution is -0.139. The van der Waals surface area contributed by atoms with E-state index in [0.717, 1.165) is 0 Å². The Labute approximate surface area is 146 Å². The average Bonchev–Trinajstić information content (AvgIpc) is 2.61. The highest BCUT2D eigenvalue weighted by molar-refractivity contribution is 7.92. The van der Waals surface area contributed by atoms with Crippen LogP contribution in [0.2, 0.25) is 0 Å². The van der Waals surface area contributed by atoms with Gasteiger partial charge in [-0.1, -0.05) is 24.3 Å². The number of benzene rings is 2. The summed E-state index contributed by atoms with van der Waals surface area (Å²) in [6.45, 7) is 2.39. The highest BCUT2D eigenvalue weighted by Crippen LogP contribution is 2.38. The number of carboxylic acids is 1. The standard InChI is InChI=1S/C18H19NO5S/c1-2-24-13-6-5-7-14(12-13)25(22,23)19-11-10-16(18(20)21)15-8-3-4-9-17(15)19/h3-9,12,16H,2,10-11H2,1H3,(H,20,21). The van der Waals surface area contributed by atoms with Gasteiger partial charge >= 0.3 is 5.97 Å². The van der Waals surface area contributed by atoms with Crippen LogP contribution >= 0.6 is 0 Å². The maximum absolute atomic E-state index is 13.1. The fraction of sp³-hybridized carbons (Fsp3) is 0.278. The molecule has 1 heterocycles. The number of carboxylic acid groups (broad SMARTS) is 1. The normalized spacial score (nSPS) is 17.0. The summed E-state index contributed by atoms with van der Waals surface area (Å²) in [5.74, 6) is -1.16. The lowest BCUT2D eigenvalue weighted by atomic mass is 9.91. The van der Waals surface area contributed by atoms with Gasteiger partial charge in [-0.25, -0.2) is 8.42 Å². The molecule has 6 nitrogen and oxygen atoms in total. The van der Waals surface area contributed by atoms with Gasteiger partial charge in [-0.3, -0.25) is 9.10 Å². The van der Waals surface area contributed by atoms with Gasteiger partial charge < -0.3 is 9.84 Å². The van der Waals surface area contributed by atoms with E-state index in [1.165, 1.54) is 16.4 Å². The van der Waals surface area contributed by atoms with Gasteiger partial charge in [-0.15, -0.1) is 0 Å². The molecule has 0 saturated carbocycles.